The number of nitrogens with zero attached hydrogens (tertiary/aromatic N) is 2. The number of nitrogens with one attached hydrogen (secondary N) is 1. The van der Waals surface area contributed by atoms with Crippen LogP contribution in [0, 0.1) is 5.92 Å². The van der Waals surface area contributed by atoms with Crippen molar-refractivity contribution in [2.75, 3.05) is 30.5 Å². The molecule has 3 aliphatic rings. The highest BCUT2D eigenvalue weighted by Gasteiger charge is 2.56. The van der Waals surface area contributed by atoms with E-state index in [0.717, 1.165) is 42.7 Å². The number of benzene rings is 2. The Morgan fingerprint density at radius 3 is 2.50 bits per heavy atom. The number of likely N-dealkylation sites (tertiary alicyclic amines) is 1. The Morgan fingerprint density at radius 1 is 1.09 bits per heavy atom. The van der Waals surface area contributed by atoms with Crippen molar-refractivity contribution in [1.29, 1.82) is 0 Å². The van der Waals surface area contributed by atoms with Crippen molar-refractivity contribution in [3.63, 3.8) is 0 Å². The van der Waals surface area contributed by atoms with Gasteiger partial charge in [-0.15, -0.1) is 0 Å². The van der Waals surface area contributed by atoms with Gasteiger partial charge in [0.2, 0.25) is 5.91 Å². The molecule has 1 saturated heterocycles. The van der Waals surface area contributed by atoms with Crippen LogP contribution in [0.4, 0.5) is 16.2 Å². The Morgan fingerprint density at radius 2 is 1.81 bits per heavy atom. The summed E-state index contributed by atoms with van der Waals surface area (Å²) in [5.41, 5.74) is 2.53. The molecule has 3 amide bonds. The molecule has 2 aliphatic heterocycles. The molecule has 7 heteroatoms. The van der Waals surface area contributed by atoms with Gasteiger partial charge in [-0.3, -0.25) is 9.69 Å². The predicted molar refractivity (Wildman–Crippen MR) is 122 cm³/mol. The normalized spacial score (nSPS) is 24.4. The second-order valence-electron chi connectivity index (χ2n) is 8.90. The Hall–Kier alpha value is -3.06. The number of carbonyl (C=O) groups excluding carboxylic acids is 2. The van der Waals surface area contributed by atoms with Gasteiger partial charge in [0, 0.05) is 29.8 Å². The zero-order valence-corrected chi connectivity index (χ0v) is 18.2. The lowest BCUT2D eigenvalue weighted by molar-refractivity contribution is -0.154. The smallest absolute Gasteiger partial charge is 0.326 e. The molecule has 5 rings (SSSR count). The minimum atomic E-state index is -0.234. The van der Waals surface area contributed by atoms with Crippen molar-refractivity contribution in [2.45, 2.75) is 43.7 Å². The van der Waals surface area contributed by atoms with Gasteiger partial charge in [-0.1, -0.05) is 31.0 Å². The molecule has 1 saturated carbocycles. The highest BCUT2D eigenvalue weighted by Crippen LogP contribution is 2.49. The van der Waals surface area contributed by atoms with Crippen LogP contribution < -0.4 is 15.0 Å². The first kappa shape index (κ1) is 20.8. The van der Waals surface area contributed by atoms with Crippen molar-refractivity contribution < 1.29 is 19.4 Å². The summed E-state index contributed by atoms with van der Waals surface area (Å²) in [4.78, 5) is 30.1. The molecule has 32 heavy (non-hydrogen) atoms. The number of hydrogen-bond acceptors (Lipinski definition) is 4. The number of amides is 3. The maximum absolute atomic E-state index is 13.3. The second kappa shape index (κ2) is 8.47. The Bertz CT molecular complexity index is 1000. The number of aliphatic hydroxyl groups is 1. The third-order valence-corrected chi connectivity index (χ3v) is 7.23. The SMILES string of the molecule is COc1ccc(NC(=O)N2C[C@@H]3[C@H](c4ccccc42)[C@@H](CO)N3C(=O)C2CCCC2)cc1. The number of ether oxygens (including phenoxy) is 1. The average Bonchev–Trinajstić information content (AvgIpc) is 3.35. The molecule has 168 valence electrons. The van der Waals surface area contributed by atoms with Crippen molar-refractivity contribution >= 4 is 23.3 Å². The monoisotopic (exact) mass is 435 g/mol. The van der Waals surface area contributed by atoms with E-state index in [4.69, 9.17) is 4.74 Å². The van der Waals surface area contributed by atoms with Crippen LogP contribution in [0.5, 0.6) is 5.75 Å². The van der Waals surface area contributed by atoms with Crippen molar-refractivity contribution in [3.8, 4) is 5.75 Å². The Balaban J connectivity index is 1.42. The molecule has 0 aromatic heterocycles. The van der Waals surface area contributed by atoms with Gasteiger partial charge in [-0.25, -0.2) is 4.79 Å². The predicted octanol–water partition coefficient (Wildman–Crippen LogP) is 3.59. The highest BCUT2D eigenvalue weighted by atomic mass is 16.5. The number of urea groups is 1. The molecule has 0 spiro atoms. The molecular weight excluding hydrogens is 406 g/mol. The summed E-state index contributed by atoms with van der Waals surface area (Å²) in [6.45, 7) is 0.352. The lowest BCUT2D eigenvalue weighted by Crippen LogP contribution is -2.71. The highest BCUT2D eigenvalue weighted by molar-refractivity contribution is 6.03. The van der Waals surface area contributed by atoms with E-state index in [1.165, 1.54) is 0 Å². The first-order chi connectivity index (χ1) is 15.6. The van der Waals surface area contributed by atoms with Crippen LogP contribution in [-0.2, 0) is 4.79 Å². The van der Waals surface area contributed by atoms with E-state index in [2.05, 4.69) is 5.32 Å². The molecule has 7 nitrogen and oxygen atoms in total. The van der Waals surface area contributed by atoms with Gasteiger partial charge in [0.15, 0.2) is 0 Å². The van der Waals surface area contributed by atoms with Crippen LogP contribution in [-0.4, -0.2) is 54.3 Å². The molecule has 1 aliphatic carbocycles. The topological polar surface area (TPSA) is 82.1 Å². The first-order valence-corrected chi connectivity index (χ1v) is 11.4. The second-order valence-corrected chi connectivity index (χ2v) is 8.90. The van der Waals surface area contributed by atoms with Crippen molar-refractivity contribution in [3.05, 3.63) is 54.1 Å². The molecule has 0 radical (unpaired) electrons. The van der Waals surface area contributed by atoms with Gasteiger partial charge in [0.05, 0.1) is 25.8 Å². The summed E-state index contributed by atoms with van der Waals surface area (Å²) in [6.07, 6.45) is 4.01. The van der Waals surface area contributed by atoms with Gasteiger partial charge in [-0.2, -0.15) is 0 Å². The van der Waals surface area contributed by atoms with Crippen LogP contribution in [0.15, 0.2) is 48.5 Å². The fourth-order valence-electron chi connectivity index (χ4n) is 5.63. The quantitative estimate of drug-likeness (QED) is 0.769. The van der Waals surface area contributed by atoms with Crippen LogP contribution in [0.3, 0.4) is 0 Å². The number of para-hydroxylation sites is 1. The Kier molecular flexibility index (Phi) is 5.51. The fraction of sp³-hybridized carbons (Fsp3) is 0.440. The summed E-state index contributed by atoms with van der Waals surface area (Å²) >= 11 is 0. The minimum absolute atomic E-state index is 0.0451. The largest absolute Gasteiger partial charge is 0.497 e. The minimum Gasteiger partial charge on any atom is -0.497 e. The summed E-state index contributed by atoms with van der Waals surface area (Å²) in [5, 5.41) is 13.1. The molecule has 0 unspecified atom stereocenters. The molecule has 0 bridgehead atoms. The van der Waals surface area contributed by atoms with E-state index in [-0.39, 0.29) is 42.5 Å². The third kappa shape index (κ3) is 3.41. The van der Waals surface area contributed by atoms with Crippen LogP contribution in [0.1, 0.15) is 37.2 Å². The number of anilines is 2. The number of carbonyl (C=O) groups is 2. The van der Waals surface area contributed by atoms with E-state index < -0.39 is 0 Å². The zero-order valence-electron chi connectivity index (χ0n) is 18.2. The van der Waals surface area contributed by atoms with Gasteiger partial charge in [0.25, 0.3) is 0 Å². The molecule has 2 aromatic carbocycles. The van der Waals surface area contributed by atoms with E-state index in [9.17, 15) is 14.7 Å². The summed E-state index contributed by atoms with van der Waals surface area (Å²) < 4.78 is 5.19. The summed E-state index contributed by atoms with van der Waals surface area (Å²) in [6, 6.07) is 14.5. The van der Waals surface area contributed by atoms with E-state index in [1.807, 2.05) is 29.2 Å². The standard InChI is InChI=1S/C25H29N3O4/c1-32-18-12-10-17(11-13-18)26-25(31)27-14-21-23(19-8-4-5-9-20(19)27)22(15-29)28(21)24(30)16-6-2-3-7-16/h4-5,8-13,16,21-23,29H,2-3,6-7,14-15H2,1H3,(H,26,31)/t21-,22-,23+/m1/s1. The summed E-state index contributed by atoms with van der Waals surface area (Å²) in [5.74, 6) is 0.952. The first-order valence-electron chi connectivity index (χ1n) is 11.4. The maximum Gasteiger partial charge on any atom is 0.326 e. The van der Waals surface area contributed by atoms with Crippen molar-refractivity contribution in [2.24, 2.45) is 5.92 Å². The third-order valence-electron chi connectivity index (χ3n) is 7.23. The fourth-order valence-corrected chi connectivity index (χ4v) is 5.63. The van der Waals surface area contributed by atoms with Gasteiger partial charge >= 0.3 is 6.03 Å². The van der Waals surface area contributed by atoms with E-state index >= 15 is 0 Å². The van der Waals surface area contributed by atoms with Crippen LogP contribution in [0.2, 0.25) is 0 Å². The summed E-state index contributed by atoms with van der Waals surface area (Å²) in [7, 11) is 1.60. The molecular formula is C25H29N3O4. The average molecular weight is 436 g/mol. The number of hydrogen-bond donors (Lipinski definition) is 2. The van der Waals surface area contributed by atoms with Crippen molar-refractivity contribution in [1.82, 2.24) is 4.90 Å². The van der Waals surface area contributed by atoms with Gasteiger partial charge in [-0.05, 0) is 48.7 Å². The molecule has 3 atom stereocenters. The zero-order chi connectivity index (χ0) is 22.2. The van der Waals surface area contributed by atoms with E-state index in [1.54, 1.807) is 36.3 Å². The number of aliphatic hydroxyl groups excluding tert-OH is 1. The van der Waals surface area contributed by atoms with Gasteiger partial charge < -0.3 is 20.1 Å². The van der Waals surface area contributed by atoms with Crippen LogP contribution in [0.25, 0.3) is 0 Å². The molecule has 2 heterocycles. The maximum atomic E-state index is 13.3. The number of methoxy groups -OCH3 is 1. The molecule has 2 N–H and O–H groups in total. The number of fused-ring (bicyclic) bond motifs is 3. The van der Waals surface area contributed by atoms with Gasteiger partial charge in [0.1, 0.15) is 5.75 Å². The number of rotatable bonds is 4. The molecule has 2 aromatic rings. The Labute approximate surface area is 188 Å². The van der Waals surface area contributed by atoms with Crippen LogP contribution >= 0.6 is 0 Å². The van der Waals surface area contributed by atoms with E-state index in [0.29, 0.717) is 12.2 Å². The lowest BCUT2D eigenvalue weighted by atomic mass is 9.71. The lowest BCUT2D eigenvalue weighted by Gasteiger charge is -2.59. The molecule has 2 fully saturated rings.